The van der Waals surface area contributed by atoms with Gasteiger partial charge in [-0.25, -0.2) is 4.79 Å². The predicted octanol–water partition coefficient (Wildman–Crippen LogP) is 3.54. The van der Waals surface area contributed by atoms with Crippen molar-refractivity contribution < 1.29 is 14.1 Å². The van der Waals surface area contributed by atoms with Gasteiger partial charge in [-0.1, -0.05) is 31.1 Å². The molecule has 0 aliphatic heterocycles. The van der Waals surface area contributed by atoms with Crippen LogP contribution in [0.2, 0.25) is 0 Å². The zero-order chi connectivity index (χ0) is 17.5. The molecule has 0 bridgehead atoms. The van der Waals surface area contributed by atoms with Crippen molar-refractivity contribution in [1.29, 1.82) is 0 Å². The van der Waals surface area contributed by atoms with Crippen molar-refractivity contribution in [2.75, 3.05) is 20.2 Å². The molecule has 1 aromatic heterocycles. The first kappa shape index (κ1) is 17.8. The van der Waals surface area contributed by atoms with Gasteiger partial charge in [-0.2, -0.15) is 0 Å². The average Bonchev–Trinajstić information content (AvgIpc) is 3.03. The second-order valence-corrected chi connectivity index (χ2v) is 6.02. The molecular formula is C18H25N3O3. The molecule has 6 nitrogen and oxygen atoms in total. The molecule has 1 N–H and O–H groups in total. The highest BCUT2D eigenvalue weighted by atomic mass is 16.5. The summed E-state index contributed by atoms with van der Waals surface area (Å²) in [7, 11) is 1.63. The lowest BCUT2D eigenvalue weighted by Crippen LogP contribution is -2.41. The number of aromatic nitrogens is 1. The number of hydrogen-bond acceptors (Lipinski definition) is 4. The third kappa shape index (κ3) is 4.75. The molecule has 0 unspecified atom stereocenters. The molecule has 0 atom stereocenters. The smallest absolute Gasteiger partial charge is 0.317 e. The Labute approximate surface area is 142 Å². The summed E-state index contributed by atoms with van der Waals surface area (Å²) >= 11 is 0. The van der Waals surface area contributed by atoms with Gasteiger partial charge < -0.3 is 19.5 Å². The molecule has 0 saturated heterocycles. The maximum Gasteiger partial charge on any atom is 0.317 e. The summed E-state index contributed by atoms with van der Waals surface area (Å²) in [6.07, 6.45) is 0. The Hall–Kier alpha value is -2.50. The number of nitrogens with one attached hydrogen (secondary N) is 1. The van der Waals surface area contributed by atoms with E-state index in [-0.39, 0.29) is 6.03 Å². The second kappa shape index (κ2) is 8.38. The first-order valence-electron chi connectivity index (χ1n) is 8.16. The zero-order valence-electron chi connectivity index (χ0n) is 14.7. The van der Waals surface area contributed by atoms with Crippen molar-refractivity contribution in [2.24, 2.45) is 5.92 Å². The topological polar surface area (TPSA) is 67.6 Å². The summed E-state index contributed by atoms with van der Waals surface area (Å²) in [5.74, 6) is 1.79. The number of methoxy groups -OCH3 is 1. The minimum absolute atomic E-state index is 0.0860. The monoisotopic (exact) mass is 331 g/mol. The van der Waals surface area contributed by atoms with E-state index in [4.69, 9.17) is 9.26 Å². The fraction of sp³-hybridized carbons (Fsp3) is 0.444. The number of ether oxygens (including phenoxy) is 1. The Kier molecular flexibility index (Phi) is 6.23. The fourth-order valence-corrected chi connectivity index (χ4v) is 2.42. The molecule has 2 aromatic rings. The maximum atomic E-state index is 12.2. The quantitative estimate of drug-likeness (QED) is 0.842. The van der Waals surface area contributed by atoms with Gasteiger partial charge in [0.1, 0.15) is 11.4 Å². The Balaban J connectivity index is 2.14. The Bertz CT molecular complexity index is 667. The van der Waals surface area contributed by atoms with Crippen LogP contribution in [0.15, 0.2) is 34.9 Å². The van der Waals surface area contributed by atoms with E-state index >= 15 is 0 Å². The van der Waals surface area contributed by atoms with Crippen LogP contribution in [-0.2, 0) is 6.54 Å². The van der Waals surface area contributed by atoms with Gasteiger partial charge in [-0.05, 0) is 25.0 Å². The molecule has 2 rings (SSSR count). The van der Waals surface area contributed by atoms with Crippen LogP contribution in [-0.4, -0.2) is 36.3 Å². The van der Waals surface area contributed by atoms with E-state index in [1.165, 1.54) is 0 Å². The molecule has 2 amide bonds. The molecule has 1 heterocycles. The number of nitrogens with zero attached hydrogens (tertiary/aromatic N) is 2. The Morgan fingerprint density at radius 3 is 2.83 bits per heavy atom. The van der Waals surface area contributed by atoms with Gasteiger partial charge >= 0.3 is 6.03 Å². The molecule has 6 heteroatoms. The first-order chi connectivity index (χ1) is 11.5. The Morgan fingerprint density at radius 1 is 1.38 bits per heavy atom. The first-order valence-corrected chi connectivity index (χ1v) is 8.16. The van der Waals surface area contributed by atoms with Gasteiger partial charge in [0, 0.05) is 24.7 Å². The van der Waals surface area contributed by atoms with Crippen molar-refractivity contribution >= 4 is 6.03 Å². The van der Waals surface area contributed by atoms with Crippen molar-refractivity contribution in [2.45, 2.75) is 27.3 Å². The number of urea groups is 1. The van der Waals surface area contributed by atoms with Crippen molar-refractivity contribution in [1.82, 2.24) is 15.4 Å². The average molecular weight is 331 g/mol. The van der Waals surface area contributed by atoms with Gasteiger partial charge in [-0.3, -0.25) is 0 Å². The third-order valence-electron chi connectivity index (χ3n) is 3.47. The van der Waals surface area contributed by atoms with Gasteiger partial charge in [0.05, 0.1) is 13.7 Å². The van der Waals surface area contributed by atoms with E-state index in [2.05, 4.69) is 24.3 Å². The van der Waals surface area contributed by atoms with E-state index in [1.807, 2.05) is 37.3 Å². The van der Waals surface area contributed by atoms with Crippen LogP contribution in [0.3, 0.4) is 0 Å². The number of amides is 2. The maximum absolute atomic E-state index is 12.2. The van der Waals surface area contributed by atoms with Gasteiger partial charge in [0.15, 0.2) is 5.76 Å². The van der Waals surface area contributed by atoms with Crippen LogP contribution in [0.4, 0.5) is 4.79 Å². The minimum atomic E-state index is -0.0860. The van der Waals surface area contributed by atoms with Crippen molar-refractivity contribution in [3.8, 4) is 17.1 Å². The van der Waals surface area contributed by atoms with E-state index < -0.39 is 0 Å². The molecule has 0 radical (unpaired) electrons. The number of benzene rings is 1. The van der Waals surface area contributed by atoms with E-state index in [9.17, 15) is 4.79 Å². The number of carbonyl (C=O) groups is 1. The van der Waals surface area contributed by atoms with Crippen molar-refractivity contribution in [3.05, 3.63) is 36.0 Å². The standard InChI is InChI=1S/C18H25N3O3/c1-5-19-18(22)21(11-13(2)3)12-15-10-17(24-20-15)14-7-6-8-16(9-14)23-4/h6-10,13H,5,11-12H2,1-4H3,(H,19,22). The lowest BCUT2D eigenvalue weighted by atomic mass is 10.1. The molecule has 0 aliphatic carbocycles. The lowest BCUT2D eigenvalue weighted by molar-refractivity contribution is 0.186. The van der Waals surface area contributed by atoms with Crippen LogP contribution in [0.25, 0.3) is 11.3 Å². The van der Waals surface area contributed by atoms with Crippen LogP contribution in [0, 0.1) is 5.92 Å². The van der Waals surface area contributed by atoms with Gasteiger partial charge in [0.25, 0.3) is 0 Å². The molecule has 0 aliphatic rings. The molecule has 1 aromatic carbocycles. The summed E-state index contributed by atoms with van der Waals surface area (Å²) < 4.78 is 10.7. The van der Waals surface area contributed by atoms with E-state index in [1.54, 1.807) is 12.0 Å². The Morgan fingerprint density at radius 2 is 2.17 bits per heavy atom. The SMILES string of the molecule is CCNC(=O)N(Cc1cc(-c2cccc(OC)c2)on1)CC(C)C. The summed E-state index contributed by atoms with van der Waals surface area (Å²) in [4.78, 5) is 13.9. The highest BCUT2D eigenvalue weighted by Crippen LogP contribution is 2.24. The number of carbonyl (C=O) groups excluding carboxylic acids is 1. The molecule has 130 valence electrons. The van der Waals surface area contributed by atoms with Crippen LogP contribution in [0.1, 0.15) is 26.5 Å². The summed E-state index contributed by atoms with van der Waals surface area (Å²) in [5.41, 5.74) is 1.61. The normalized spacial score (nSPS) is 10.7. The molecule has 0 saturated carbocycles. The third-order valence-corrected chi connectivity index (χ3v) is 3.47. The summed E-state index contributed by atoms with van der Waals surface area (Å²) in [6.45, 7) is 7.74. The molecule has 24 heavy (non-hydrogen) atoms. The lowest BCUT2D eigenvalue weighted by Gasteiger charge is -2.23. The van der Waals surface area contributed by atoms with Gasteiger partial charge in [0.2, 0.25) is 0 Å². The van der Waals surface area contributed by atoms with E-state index in [0.717, 1.165) is 17.0 Å². The second-order valence-electron chi connectivity index (χ2n) is 6.02. The van der Waals surface area contributed by atoms with Crippen LogP contribution in [0.5, 0.6) is 5.75 Å². The molecular weight excluding hydrogens is 306 g/mol. The minimum Gasteiger partial charge on any atom is -0.497 e. The highest BCUT2D eigenvalue weighted by Gasteiger charge is 2.17. The highest BCUT2D eigenvalue weighted by molar-refractivity contribution is 5.74. The largest absolute Gasteiger partial charge is 0.497 e. The van der Waals surface area contributed by atoms with Crippen molar-refractivity contribution in [3.63, 3.8) is 0 Å². The molecule has 0 fully saturated rings. The van der Waals surface area contributed by atoms with E-state index in [0.29, 0.717) is 31.3 Å². The number of hydrogen-bond donors (Lipinski definition) is 1. The summed E-state index contributed by atoms with van der Waals surface area (Å²) in [6, 6.07) is 9.37. The predicted molar refractivity (Wildman–Crippen MR) is 92.8 cm³/mol. The van der Waals surface area contributed by atoms with Gasteiger partial charge in [-0.15, -0.1) is 0 Å². The fourth-order valence-electron chi connectivity index (χ4n) is 2.42. The summed E-state index contributed by atoms with van der Waals surface area (Å²) in [5, 5.41) is 6.94. The van der Waals surface area contributed by atoms with Crippen LogP contribution < -0.4 is 10.1 Å². The zero-order valence-corrected chi connectivity index (χ0v) is 14.7. The number of rotatable bonds is 7. The molecule has 0 spiro atoms. The van der Waals surface area contributed by atoms with Crippen LogP contribution >= 0.6 is 0 Å².